The molecule has 3 heterocycles. The van der Waals surface area contributed by atoms with E-state index in [0.717, 1.165) is 26.2 Å². The minimum absolute atomic E-state index is 0.527. The minimum Gasteiger partial charge on any atom is -0.420 e. The van der Waals surface area contributed by atoms with Gasteiger partial charge in [0.25, 0.3) is 5.89 Å². The SMILES string of the molecule is CSc1nsc(SC)c1-c1nnc(CCn2nc(C)c(Cl)c2C)o1. The van der Waals surface area contributed by atoms with Gasteiger partial charge in [-0.1, -0.05) is 11.6 Å². The van der Waals surface area contributed by atoms with Gasteiger partial charge in [0, 0.05) is 13.0 Å². The summed E-state index contributed by atoms with van der Waals surface area (Å²) in [5.41, 5.74) is 2.72. The smallest absolute Gasteiger partial charge is 0.252 e. The van der Waals surface area contributed by atoms with Crippen molar-refractivity contribution in [3.05, 3.63) is 22.3 Å². The van der Waals surface area contributed by atoms with Gasteiger partial charge < -0.3 is 4.42 Å². The topological polar surface area (TPSA) is 69.6 Å². The van der Waals surface area contributed by atoms with Crippen molar-refractivity contribution in [3.8, 4) is 11.5 Å². The van der Waals surface area contributed by atoms with Crippen LogP contribution in [0.15, 0.2) is 13.7 Å². The normalized spacial score (nSPS) is 11.4. The highest BCUT2D eigenvalue weighted by Gasteiger charge is 2.20. The van der Waals surface area contributed by atoms with Gasteiger partial charge in [-0.05, 0) is 37.9 Å². The van der Waals surface area contributed by atoms with E-state index in [9.17, 15) is 0 Å². The molecule has 0 bridgehead atoms. The molecule has 0 amide bonds. The highest BCUT2D eigenvalue weighted by molar-refractivity contribution is 8.01. The molecule has 0 saturated carbocycles. The van der Waals surface area contributed by atoms with E-state index in [4.69, 9.17) is 16.0 Å². The van der Waals surface area contributed by atoms with E-state index in [-0.39, 0.29) is 0 Å². The quantitative estimate of drug-likeness (QED) is 0.568. The van der Waals surface area contributed by atoms with Crippen LogP contribution in [0, 0.1) is 13.8 Å². The number of hydrogen-bond donors (Lipinski definition) is 0. The number of aromatic nitrogens is 5. The zero-order chi connectivity index (χ0) is 17.3. The molecule has 128 valence electrons. The Kier molecular flexibility index (Phi) is 5.53. The first-order valence-electron chi connectivity index (χ1n) is 7.15. The Hall–Kier alpha value is -1.03. The molecule has 10 heteroatoms. The monoisotopic (exact) mass is 401 g/mol. The van der Waals surface area contributed by atoms with Gasteiger partial charge in [0.2, 0.25) is 5.89 Å². The van der Waals surface area contributed by atoms with Gasteiger partial charge in [-0.15, -0.1) is 33.7 Å². The van der Waals surface area contributed by atoms with Gasteiger partial charge >= 0.3 is 0 Å². The maximum Gasteiger partial charge on any atom is 0.252 e. The van der Waals surface area contributed by atoms with Crippen molar-refractivity contribution < 1.29 is 4.42 Å². The maximum atomic E-state index is 6.17. The first-order valence-corrected chi connectivity index (χ1v) is 10.7. The Balaban J connectivity index is 1.79. The fourth-order valence-electron chi connectivity index (χ4n) is 2.27. The third kappa shape index (κ3) is 3.35. The molecular formula is C14H16ClN5OS3. The standard InChI is InChI=1S/C14H16ClN5OS3/c1-7-11(15)8(2)20(18-7)6-5-9-16-17-12(21-9)10-13(22-3)19-24-14(10)23-4/h5-6H2,1-4H3. The van der Waals surface area contributed by atoms with E-state index in [1.165, 1.54) is 11.5 Å². The first-order chi connectivity index (χ1) is 11.5. The van der Waals surface area contributed by atoms with Crippen LogP contribution in [-0.4, -0.2) is 36.9 Å². The van der Waals surface area contributed by atoms with Gasteiger partial charge in [-0.3, -0.25) is 4.68 Å². The summed E-state index contributed by atoms with van der Waals surface area (Å²) in [6, 6.07) is 0. The van der Waals surface area contributed by atoms with Crippen LogP contribution < -0.4 is 0 Å². The zero-order valence-corrected chi connectivity index (χ0v) is 16.9. The number of aryl methyl sites for hydroxylation is 3. The van der Waals surface area contributed by atoms with Gasteiger partial charge in [-0.2, -0.15) is 9.47 Å². The van der Waals surface area contributed by atoms with Crippen LogP contribution in [0.3, 0.4) is 0 Å². The first kappa shape index (κ1) is 17.8. The van der Waals surface area contributed by atoms with Gasteiger partial charge in [0.05, 0.1) is 26.2 Å². The van der Waals surface area contributed by atoms with Crippen LogP contribution in [0.2, 0.25) is 5.02 Å². The van der Waals surface area contributed by atoms with Crippen molar-refractivity contribution in [1.82, 2.24) is 24.4 Å². The molecule has 3 aromatic rings. The van der Waals surface area contributed by atoms with Crippen molar-refractivity contribution in [1.29, 1.82) is 0 Å². The second-order valence-corrected chi connectivity index (χ2v) is 8.04. The molecule has 0 aliphatic heterocycles. The average molecular weight is 402 g/mol. The number of nitrogens with zero attached hydrogens (tertiary/aromatic N) is 5. The molecule has 24 heavy (non-hydrogen) atoms. The van der Waals surface area contributed by atoms with Crippen LogP contribution in [0.5, 0.6) is 0 Å². The summed E-state index contributed by atoms with van der Waals surface area (Å²) in [6.07, 6.45) is 4.61. The highest BCUT2D eigenvalue weighted by Crippen LogP contribution is 2.39. The van der Waals surface area contributed by atoms with Crippen molar-refractivity contribution in [2.75, 3.05) is 12.5 Å². The third-order valence-electron chi connectivity index (χ3n) is 3.52. The van der Waals surface area contributed by atoms with E-state index >= 15 is 0 Å². The largest absolute Gasteiger partial charge is 0.420 e. The number of hydrogen-bond acceptors (Lipinski definition) is 8. The molecule has 0 radical (unpaired) electrons. The summed E-state index contributed by atoms with van der Waals surface area (Å²) in [7, 11) is 0. The Morgan fingerprint density at radius 3 is 2.62 bits per heavy atom. The maximum absolute atomic E-state index is 6.17. The van der Waals surface area contributed by atoms with E-state index in [1.54, 1.807) is 23.5 Å². The molecule has 0 fully saturated rings. The van der Waals surface area contributed by atoms with Gasteiger partial charge in [0.15, 0.2) is 0 Å². The summed E-state index contributed by atoms with van der Waals surface area (Å²) in [4.78, 5) is 0. The zero-order valence-electron chi connectivity index (χ0n) is 13.7. The molecule has 0 saturated heterocycles. The van der Waals surface area contributed by atoms with E-state index in [2.05, 4.69) is 19.7 Å². The van der Waals surface area contributed by atoms with Crippen LogP contribution in [0.1, 0.15) is 17.3 Å². The molecule has 0 atom stereocenters. The van der Waals surface area contributed by atoms with Crippen molar-refractivity contribution in [2.45, 2.75) is 36.0 Å². The third-order valence-corrected chi connectivity index (χ3v) is 6.81. The van der Waals surface area contributed by atoms with E-state index in [1.807, 2.05) is 31.0 Å². The molecule has 3 rings (SSSR count). The second kappa shape index (κ2) is 7.47. The minimum atomic E-state index is 0.527. The predicted molar refractivity (Wildman–Crippen MR) is 99.4 cm³/mol. The summed E-state index contributed by atoms with van der Waals surface area (Å²) >= 11 is 10.9. The van der Waals surface area contributed by atoms with E-state index in [0.29, 0.717) is 29.8 Å². The fraction of sp³-hybridized carbons (Fsp3) is 0.429. The number of thioether (sulfide) groups is 2. The Labute approximate surface area is 157 Å². The average Bonchev–Trinajstić information content (AvgIpc) is 3.27. The summed E-state index contributed by atoms with van der Waals surface area (Å²) < 4.78 is 13.2. The van der Waals surface area contributed by atoms with Gasteiger partial charge in [-0.25, -0.2) is 0 Å². The lowest BCUT2D eigenvalue weighted by Crippen LogP contribution is -2.05. The Morgan fingerprint density at radius 1 is 1.21 bits per heavy atom. The molecular weight excluding hydrogens is 386 g/mol. The summed E-state index contributed by atoms with van der Waals surface area (Å²) in [6.45, 7) is 4.50. The summed E-state index contributed by atoms with van der Waals surface area (Å²) in [5, 5.41) is 14.4. The fourth-order valence-corrected chi connectivity index (χ4v) is 4.67. The summed E-state index contributed by atoms with van der Waals surface area (Å²) in [5.74, 6) is 1.11. The molecule has 0 spiro atoms. The molecule has 6 nitrogen and oxygen atoms in total. The lowest BCUT2D eigenvalue weighted by molar-refractivity contribution is 0.470. The van der Waals surface area contributed by atoms with Gasteiger partial charge in [0.1, 0.15) is 5.03 Å². The van der Waals surface area contributed by atoms with E-state index < -0.39 is 0 Å². The van der Waals surface area contributed by atoms with Crippen molar-refractivity contribution in [2.24, 2.45) is 0 Å². The molecule has 0 unspecified atom stereocenters. The Morgan fingerprint density at radius 2 is 2.00 bits per heavy atom. The lowest BCUT2D eigenvalue weighted by Gasteiger charge is -2.01. The van der Waals surface area contributed by atoms with Crippen LogP contribution >= 0.6 is 46.7 Å². The van der Waals surface area contributed by atoms with Crippen LogP contribution in [-0.2, 0) is 13.0 Å². The van der Waals surface area contributed by atoms with Crippen molar-refractivity contribution in [3.63, 3.8) is 0 Å². The molecule has 3 aromatic heterocycles. The molecule has 0 N–H and O–H groups in total. The second-order valence-electron chi connectivity index (χ2n) is 5.02. The van der Waals surface area contributed by atoms with Crippen LogP contribution in [0.25, 0.3) is 11.5 Å². The molecule has 0 aliphatic rings. The number of rotatable bonds is 6. The Bertz CT molecular complexity index is 835. The van der Waals surface area contributed by atoms with Crippen molar-refractivity contribution >= 4 is 46.7 Å². The molecule has 0 aliphatic carbocycles. The highest BCUT2D eigenvalue weighted by atomic mass is 35.5. The lowest BCUT2D eigenvalue weighted by atomic mass is 10.3. The van der Waals surface area contributed by atoms with Crippen LogP contribution in [0.4, 0.5) is 0 Å². The number of halogens is 1. The predicted octanol–water partition coefficient (Wildman–Crippen LogP) is 4.35. The molecule has 0 aromatic carbocycles.